The molecule has 1 aromatic rings. The van der Waals surface area contributed by atoms with Gasteiger partial charge in [0.05, 0.1) is 31.0 Å². The second-order valence-electron chi connectivity index (χ2n) is 5.61. The van der Waals surface area contributed by atoms with Crippen LogP contribution in [0.4, 0.5) is 5.69 Å². The predicted octanol–water partition coefficient (Wildman–Crippen LogP) is 0.266. The average Bonchev–Trinajstić information content (AvgIpc) is 2.63. The lowest BCUT2D eigenvalue weighted by molar-refractivity contribution is -0.136. The molecule has 0 spiro atoms. The molecule has 0 heterocycles. The van der Waals surface area contributed by atoms with Gasteiger partial charge in [-0.1, -0.05) is 0 Å². The van der Waals surface area contributed by atoms with Gasteiger partial charge in [-0.15, -0.1) is 0 Å². The van der Waals surface area contributed by atoms with Gasteiger partial charge in [0.2, 0.25) is 0 Å². The molecule has 1 aromatic carbocycles. The number of benzene rings is 1. The van der Waals surface area contributed by atoms with Crippen LogP contribution in [0.25, 0.3) is 0 Å². The highest BCUT2D eigenvalue weighted by molar-refractivity contribution is 6.40. The molecule has 2 N–H and O–H groups in total. The van der Waals surface area contributed by atoms with E-state index >= 15 is 0 Å². The van der Waals surface area contributed by atoms with E-state index in [0.29, 0.717) is 13.0 Å². The van der Waals surface area contributed by atoms with Crippen LogP contribution in [0.5, 0.6) is 0 Å². The van der Waals surface area contributed by atoms with Gasteiger partial charge in [0, 0.05) is 6.54 Å². The number of methoxy groups -OCH3 is 2. The molecule has 0 saturated carbocycles. The molecule has 1 rings (SSSR count). The van der Waals surface area contributed by atoms with Gasteiger partial charge in [-0.2, -0.15) is 0 Å². The minimum atomic E-state index is -0.956. The van der Waals surface area contributed by atoms with Gasteiger partial charge in [0.25, 0.3) is 0 Å². The third-order valence-electron chi connectivity index (χ3n) is 3.37. The number of rotatable bonds is 7. The second-order valence-corrected chi connectivity index (χ2v) is 5.61. The topological polar surface area (TPSA) is 114 Å². The monoisotopic (exact) mass is 365 g/mol. The van der Waals surface area contributed by atoms with Gasteiger partial charge in [0.1, 0.15) is 0 Å². The van der Waals surface area contributed by atoms with E-state index in [1.807, 2.05) is 19.0 Å². The van der Waals surface area contributed by atoms with Crippen LogP contribution >= 0.6 is 0 Å². The zero-order valence-corrected chi connectivity index (χ0v) is 15.3. The fourth-order valence-corrected chi connectivity index (χ4v) is 2.04. The Balaban J connectivity index is 2.87. The molecule has 0 radical (unpaired) electrons. The Labute approximate surface area is 151 Å². The highest BCUT2D eigenvalue weighted by Gasteiger charge is 2.20. The maximum absolute atomic E-state index is 12.1. The third kappa shape index (κ3) is 6.17. The number of nitrogens with one attached hydrogen (secondary N) is 2. The molecule has 0 saturated heterocycles. The normalized spacial score (nSPS) is 10.2. The van der Waals surface area contributed by atoms with Crippen molar-refractivity contribution < 1.29 is 28.7 Å². The van der Waals surface area contributed by atoms with Gasteiger partial charge in [-0.3, -0.25) is 9.59 Å². The van der Waals surface area contributed by atoms with Crippen LogP contribution in [-0.2, 0) is 19.1 Å². The molecule has 26 heavy (non-hydrogen) atoms. The van der Waals surface area contributed by atoms with E-state index in [1.165, 1.54) is 32.4 Å². The molecule has 0 unspecified atom stereocenters. The van der Waals surface area contributed by atoms with Crippen molar-refractivity contribution in [2.45, 2.75) is 6.42 Å². The molecule has 0 aliphatic heterocycles. The zero-order valence-electron chi connectivity index (χ0n) is 15.3. The summed E-state index contributed by atoms with van der Waals surface area (Å²) < 4.78 is 9.24. The first kappa shape index (κ1) is 21.1. The summed E-state index contributed by atoms with van der Waals surface area (Å²) in [6.45, 7) is 1.09. The molecule has 142 valence electrons. The lowest BCUT2D eigenvalue weighted by atomic mass is 10.1. The summed E-state index contributed by atoms with van der Waals surface area (Å²) in [6, 6.07) is 3.91. The number of ether oxygens (including phenoxy) is 2. The molecule has 0 fully saturated rings. The summed E-state index contributed by atoms with van der Waals surface area (Å²) in [4.78, 5) is 49.3. The number of hydrogen-bond acceptors (Lipinski definition) is 7. The Morgan fingerprint density at radius 1 is 1.00 bits per heavy atom. The second kappa shape index (κ2) is 10.1. The average molecular weight is 365 g/mol. The smallest absolute Gasteiger partial charge is 0.339 e. The standard InChI is InChI=1S/C17H23N3O6/c1-20(2)9-5-8-18-14(21)15(22)19-13-10-11(16(23)25-3)6-7-12(13)17(24)26-4/h6-7,10H,5,8-9H2,1-4H3,(H,18,21)(H,19,22). The number of amides is 2. The molecule has 9 nitrogen and oxygen atoms in total. The van der Waals surface area contributed by atoms with Gasteiger partial charge >= 0.3 is 23.8 Å². The van der Waals surface area contributed by atoms with Crippen molar-refractivity contribution >= 4 is 29.4 Å². The molecule has 2 amide bonds. The van der Waals surface area contributed by atoms with Crippen LogP contribution < -0.4 is 10.6 Å². The molecular weight excluding hydrogens is 342 g/mol. The highest BCUT2D eigenvalue weighted by atomic mass is 16.5. The number of nitrogens with zero attached hydrogens (tertiary/aromatic N) is 1. The van der Waals surface area contributed by atoms with Crippen molar-refractivity contribution in [1.82, 2.24) is 10.2 Å². The van der Waals surface area contributed by atoms with Gasteiger partial charge < -0.3 is 25.0 Å². The summed E-state index contributed by atoms with van der Waals surface area (Å²) >= 11 is 0. The van der Waals surface area contributed by atoms with Crippen LogP contribution in [0.2, 0.25) is 0 Å². The summed E-state index contributed by atoms with van der Waals surface area (Å²) in [5.41, 5.74) is 0.101. The lowest BCUT2D eigenvalue weighted by Crippen LogP contribution is -2.37. The minimum Gasteiger partial charge on any atom is -0.465 e. The van der Waals surface area contributed by atoms with E-state index < -0.39 is 23.8 Å². The van der Waals surface area contributed by atoms with Gasteiger partial charge in [-0.25, -0.2) is 9.59 Å². The van der Waals surface area contributed by atoms with Crippen molar-refractivity contribution in [3.8, 4) is 0 Å². The number of esters is 2. The third-order valence-corrected chi connectivity index (χ3v) is 3.37. The minimum absolute atomic E-state index is 0.00825. The quantitative estimate of drug-likeness (QED) is 0.405. The van der Waals surface area contributed by atoms with Crippen LogP contribution in [0.15, 0.2) is 18.2 Å². The van der Waals surface area contributed by atoms with E-state index in [4.69, 9.17) is 0 Å². The summed E-state index contributed by atoms with van der Waals surface area (Å²) in [5, 5.41) is 4.81. The highest BCUT2D eigenvalue weighted by Crippen LogP contribution is 2.19. The van der Waals surface area contributed by atoms with Crippen LogP contribution in [0, 0.1) is 0 Å². The Bertz CT molecular complexity index is 687. The van der Waals surface area contributed by atoms with Crippen LogP contribution in [0.1, 0.15) is 27.1 Å². The summed E-state index contributed by atoms with van der Waals surface area (Å²) in [7, 11) is 6.18. The first-order valence-electron chi connectivity index (χ1n) is 7.84. The number of anilines is 1. The Kier molecular flexibility index (Phi) is 8.23. The molecule has 9 heteroatoms. The fourth-order valence-electron chi connectivity index (χ4n) is 2.04. The van der Waals surface area contributed by atoms with E-state index in [2.05, 4.69) is 20.1 Å². The van der Waals surface area contributed by atoms with E-state index in [1.54, 1.807) is 0 Å². The summed E-state index contributed by atoms with van der Waals surface area (Å²) in [5.74, 6) is -3.17. The van der Waals surface area contributed by atoms with Crippen LogP contribution in [0.3, 0.4) is 0 Å². The van der Waals surface area contributed by atoms with Crippen molar-refractivity contribution in [2.24, 2.45) is 0 Å². The number of carbonyl (C=O) groups is 4. The Hall–Kier alpha value is -2.94. The zero-order chi connectivity index (χ0) is 19.7. The first-order chi connectivity index (χ1) is 12.3. The van der Waals surface area contributed by atoms with Crippen molar-refractivity contribution in [2.75, 3.05) is 46.7 Å². The molecule has 0 aromatic heterocycles. The van der Waals surface area contributed by atoms with Crippen molar-refractivity contribution in [3.05, 3.63) is 29.3 Å². The predicted molar refractivity (Wildman–Crippen MR) is 93.9 cm³/mol. The fraction of sp³-hybridized carbons (Fsp3) is 0.412. The van der Waals surface area contributed by atoms with Crippen molar-refractivity contribution in [1.29, 1.82) is 0 Å². The largest absolute Gasteiger partial charge is 0.465 e. The van der Waals surface area contributed by atoms with Crippen LogP contribution in [-0.4, -0.2) is 70.1 Å². The molecule has 0 atom stereocenters. The molecular formula is C17H23N3O6. The van der Waals surface area contributed by atoms with E-state index in [-0.39, 0.29) is 16.8 Å². The van der Waals surface area contributed by atoms with E-state index in [9.17, 15) is 19.2 Å². The number of hydrogen-bond donors (Lipinski definition) is 2. The van der Waals surface area contributed by atoms with Gasteiger partial charge in [0.15, 0.2) is 0 Å². The molecule has 0 bridgehead atoms. The maximum Gasteiger partial charge on any atom is 0.339 e. The summed E-state index contributed by atoms with van der Waals surface area (Å²) in [6.07, 6.45) is 0.678. The molecule has 0 aliphatic rings. The lowest BCUT2D eigenvalue weighted by Gasteiger charge is -2.12. The SMILES string of the molecule is COC(=O)c1ccc(C(=O)OC)c(NC(=O)C(=O)NCCCN(C)C)c1. The van der Waals surface area contributed by atoms with Gasteiger partial charge in [-0.05, 0) is 45.3 Å². The van der Waals surface area contributed by atoms with E-state index in [0.717, 1.165) is 6.54 Å². The van der Waals surface area contributed by atoms with Crippen molar-refractivity contribution in [3.63, 3.8) is 0 Å². The Morgan fingerprint density at radius 2 is 1.65 bits per heavy atom. The Morgan fingerprint density at radius 3 is 2.23 bits per heavy atom. The first-order valence-corrected chi connectivity index (χ1v) is 7.84. The number of carbonyl (C=O) groups excluding carboxylic acids is 4. The molecule has 0 aliphatic carbocycles. The maximum atomic E-state index is 12.1.